The Kier molecular flexibility index (Phi) is 2.59. The van der Waals surface area contributed by atoms with Crippen LogP contribution in [-0.2, 0) is 4.79 Å². The predicted molar refractivity (Wildman–Crippen MR) is 38.1 cm³/mol. The molecule has 0 aliphatic rings. The Morgan fingerprint density at radius 3 is 2.33 bits per heavy atom. The van der Waals surface area contributed by atoms with Gasteiger partial charge in [-0.05, 0) is 13.8 Å². The normalized spacial score (nSPS) is 11.0. The molecular weight excluding hydrogens is 114 g/mol. The summed E-state index contributed by atoms with van der Waals surface area (Å²) in [6.45, 7) is 6.82. The molecular formula is C7H13NO. The highest BCUT2D eigenvalue weighted by Crippen LogP contribution is 2.01. The smallest absolute Gasteiger partial charge is 0.155 e. The molecule has 0 fully saturated rings. The van der Waals surface area contributed by atoms with Gasteiger partial charge >= 0.3 is 0 Å². The number of Topliss-reactive ketones (excluding diaryl/α,β-unsaturated/α-hetero) is 1. The van der Waals surface area contributed by atoms with Gasteiger partial charge in [0, 0.05) is 6.42 Å². The third-order valence-electron chi connectivity index (χ3n) is 1.05. The number of ketones is 1. The van der Waals surface area contributed by atoms with Crippen LogP contribution in [0.1, 0.15) is 20.3 Å². The topological polar surface area (TPSA) is 43.1 Å². The van der Waals surface area contributed by atoms with Gasteiger partial charge in [0.1, 0.15) is 0 Å². The average Bonchev–Trinajstić information content (AvgIpc) is 1.64. The highest BCUT2D eigenvalue weighted by atomic mass is 16.1. The molecule has 0 radical (unpaired) electrons. The quantitative estimate of drug-likeness (QED) is 0.571. The van der Waals surface area contributed by atoms with Gasteiger partial charge in [0.15, 0.2) is 5.78 Å². The van der Waals surface area contributed by atoms with Crippen LogP contribution in [0.3, 0.4) is 0 Å². The van der Waals surface area contributed by atoms with E-state index in [-0.39, 0.29) is 5.78 Å². The number of allylic oxidation sites excluding steroid dienone is 1. The Hall–Kier alpha value is -0.630. The summed E-state index contributed by atoms with van der Waals surface area (Å²) in [7, 11) is 0. The monoisotopic (exact) mass is 127 g/mol. The fourth-order valence-corrected chi connectivity index (χ4v) is 0.394. The zero-order valence-electron chi connectivity index (χ0n) is 5.98. The number of hydrogen-bond donors (Lipinski definition) is 1. The summed E-state index contributed by atoms with van der Waals surface area (Å²) in [5.41, 5.74) is 4.77. The van der Waals surface area contributed by atoms with Gasteiger partial charge in [-0.3, -0.25) is 4.79 Å². The Morgan fingerprint density at radius 2 is 2.22 bits per heavy atom. The molecule has 0 saturated heterocycles. The molecule has 0 saturated carbocycles. The molecule has 0 bridgehead atoms. The van der Waals surface area contributed by atoms with E-state index in [1.54, 1.807) is 19.9 Å². The third kappa shape index (κ3) is 3.03. The minimum atomic E-state index is -0.700. The Balaban J connectivity index is 3.88. The molecule has 0 aromatic carbocycles. The molecule has 0 aliphatic carbocycles. The van der Waals surface area contributed by atoms with Crippen LogP contribution in [0.15, 0.2) is 12.7 Å². The van der Waals surface area contributed by atoms with Crippen LogP contribution in [0.4, 0.5) is 0 Å². The van der Waals surface area contributed by atoms with Gasteiger partial charge in [0.2, 0.25) is 0 Å². The largest absolute Gasteiger partial charge is 0.319 e. The lowest BCUT2D eigenvalue weighted by molar-refractivity contribution is -0.122. The van der Waals surface area contributed by atoms with Crippen molar-refractivity contribution >= 4 is 5.78 Å². The van der Waals surface area contributed by atoms with E-state index in [1.807, 2.05) is 0 Å². The lowest BCUT2D eigenvalue weighted by Crippen LogP contribution is -2.40. The average molecular weight is 127 g/mol. The van der Waals surface area contributed by atoms with Gasteiger partial charge in [-0.15, -0.1) is 6.58 Å². The van der Waals surface area contributed by atoms with E-state index < -0.39 is 5.54 Å². The maximum atomic E-state index is 10.9. The van der Waals surface area contributed by atoms with Crippen LogP contribution in [0, 0.1) is 0 Å². The summed E-state index contributed by atoms with van der Waals surface area (Å²) in [5.74, 6) is 0.0255. The van der Waals surface area contributed by atoms with Crippen LogP contribution < -0.4 is 5.73 Å². The maximum Gasteiger partial charge on any atom is 0.155 e. The minimum Gasteiger partial charge on any atom is -0.319 e. The number of carbonyl (C=O) groups excluding carboxylic acids is 1. The SMILES string of the molecule is C=CCC(=O)C(C)(C)N. The second kappa shape index (κ2) is 2.78. The van der Waals surface area contributed by atoms with E-state index in [0.717, 1.165) is 0 Å². The van der Waals surface area contributed by atoms with Gasteiger partial charge < -0.3 is 5.73 Å². The molecule has 2 N–H and O–H groups in total. The summed E-state index contributed by atoms with van der Waals surface area (Å²) >= 11 is 0. The third-order valence-corrected chi connectivity index (χ3v) is 1.05. The fourth-order valence-electron chi connectivity index (χ4n) is 0.394. The van der Waals surface area contributed by atoms with Crippen LogP contribution in [-0.4, -0.2) is 11.3 Å². The second-order valence-corrected chi connectivity index (χ2v) is 2.64. The van der Waals surface area contributed by atoms with Crippen LogP contribution >= 0.6 is 0 Å². The summed E-state index contributed by atoms with van der Waals surface area (Å²) in [6, 6.07) is 0. The second-order valence-electron chi connectivity index (χ2n) is 2.64. The first-order valence-corrected chi connectivity index (χ1v) is 2.91. The molecule has 0 rings (SSSR count). The molecule has 0 aliphatic heterocycles. The van der Waals surface area contributed by atoms with Gasteiger partial charge in [0.25, 0.3) is 0 Å². The predicted octanol–water partition coefficient (Wildman–Crippen LogP) is 0.869. The number of rotatable bonds is 3. The van der Waals surface area contributed by atoms with Crippen molar-refractivity contribution in [2.45, 2.75) is 25.8 Å². The van der Waals surface area contributed by atoms with Gasteiger partial charge in [0.05, 0.1) is 5.54 Å². The van der Waals surface area contributed by atoms with Crippen molar-refractivity contribution < 1.29 is 4.79 Å². The lowest BCUT2D eigenvalue weighted by atomic mass is 9.98. The fraction of sp³-hybridized carbons (Fsp3) is 0.571. The maximum absolute atomic E-state index is 10.9. The van der Waals surface area contributed by atoms with E-state index >= 15 is 0 Å². The summed E-state index contributed by atoms with van der Waals surface area (Å²) < 4.78 is 0. The molecule has 0 spiro atoms. The van der Waals surface area contributed by atoms with E-state index in [1.165, 1.54) is 0 Å². The van der Waals surface area contributed by atoms with Gasteiger partial charge in [-0.1, -0.05) is 6.08 Å². The van der Waals surface area contributed by atoms with E-state index in [4.69, 9.17) is 5.73 Å². The number of carbonyl (C=O) groups is 1. The van der Waals surface area contributed by atoms with Crippen molar-refractivity contribution in [1.82, 2.24) is 0 Å². The van der Waals surface area contributed by atoms with E-state index in [9.17, 15) is 4.79 Å². The molecule has 0 unspecified atom stereocenters. The molecule has 0 heterocycles. The Bertz CT molecular complexity index is 121. The first kappa shape index (κ1) is 8.37. The molecule has 9 heavy (non-hydrogen) atoms. The molecule has 2 heteroatoms. The molecule has 0 amide bonds. The van der Waals surface area contributed by atoms with Crippen molar-refractivity contribution in [3.8, 4) is 0 Å². The van der Waals surface area contributed by atoms with Crippen molar-refractivity contribution in [3.05, 3.63) is 12.7 Å². The zero-order valence-corrected chi connectivity index (χ0v) is 5.98. The molecule has 0 aromatic heterocycles. The first-order chi connectivity index (χ1) is 3.98. The highest BCUT2D eigenvalue weighted by molar-refractivity contribution is 5.88. The molecule has 0 atom stereocenters. The summed E-state index contributed by atoms with van der Waals surface area (Å²) in [6.07, 6.45) is 1.93. The van der Waals surface area contributed by atoms with Crippen molar-refractivity contribution in [2.75, 3.05) is 0 Å². The number of nitrogens with two attached hydrogens (primary N) is 1. The lowest BCUT2D eigenvalue weighted by Gasteiger charge is -2.14. The molecule has 2 nitrogen and oxygen atoms in total. The zero-order chi connectivity index (χ0) is 7.49. The van der Waals surface area contributed by atoms with E-state index in [0.29, 0.717) is 6.42 Å². The van der Waals surface area contributed by atoms with E-state index in [2.05, 4.69) is 6.58 Å². The van der Waals surface area contributed by atoms with Crippen molar-refractivity contribution in [2.24, 2.45) is 5.73 Å². The minimum absolute atomic E-state index is 0.0255. The standard InChI is InChI=1S/C7H13NO/c1-4-5-6(9)7(2,3)8/h4H,1,5,8H2,2-3H3. The molecule has 0 aromatic rings. The van der Waals surface area contributed by atoms with Crippen molar-refractivity contribution in [1.29, 1.82) is 0 Å². The summed E-state index contributed by atoms with van der Waals surface area (Å²) in [5, 5.41) is 0. The summed E-state index contributed by atoms with van der Waals surface area (Å²) in [4.78, 5) is 10.9. The van der Waals surface area contributed by atoms with Gasteiger partial charge in [-0.25, -0.2) is 0 Å². The Morgan fingerprint density at radius 1 is 1.78 bits per heavy atom. The van der Waals surface area contributed by atoms with Crippen molar-refractivity contribution in [3.63, 3.8) is 0 Å². The van der Waals surface area contributed by atoms with Crippen LogP contribution in [0.5, 0.6) is 0 Å². The number of hydrogen-bond acceptors (Lipinski definition) is 2. The highest BCUT2D eigenvalue weighted by Gasteiger charge is 2.19. The Labute approximate surface area is 55.7 Å². The first-order valence-electron chi connectivity index (χ1n) is 2.91. The van der Waals surface area contributed by atoms with Crippen LogP contribution in [0.25, 0.3) is 0 Å². The van der Waals surface area contributed by atoms with Gasteiger partial charge in [-0.2, -0.15) is 0 Å². The molecule has 52 valence electrons. The van der Waals surface area contributed by atoms with Crippen LogP contribution in [0.2, 0.25) is 0 Å².